The van der Waals surface area contributed by atoms with Crippen molar-refractivity contribution in [3.8, 4) is 11.1 Å². The van der Waals surface area contributed by atoms with E-state index in [0.717, 1.165) is 18.4 Å². The van der Waals surface area contributed by atoms with E-state index in [1.807, 2.05) is 43.9 Å². The van der Waals surface area contributed by atoms with Crippen molar-refractivity contribution in [2.24, 2.45) is 10.8 Å². The van der Waals surface area contributed by atoms with Crippen LogP contribution in [0.15, 0.2) is 54.6 Å². The predicted octanol–water partition coefficient (Wildman–Crippen LogP) is 4.44. The van der Waals surface area contributed by atoms with Crippen molar-refractivity contribution in [1.82, 2.24) is 10.2 Å². The molecule has 2 aromatic rings. The zero-order valence-corrected chi connectivity index (χ0v) is 18.3. The van der Waals surface area contributed by atoms with Gasteiger partial charge in [-0.15, -0.1) is 0 Å². The lowest BCUT2D eigenvalue weighted by Gasteiger charge is -2.30. The van der Waals surface area contributed by atoms with E-state index in [-0.39, 0.29) is 11.8 Å². The van der Waals surface area contributed by atoms with Crippen LogP contribution in [0.5, 0.6) is 0 Å². The lowest BCUT2D eigenvalue weighted by atomic mass is 9.79. The standard InChI is InChI=1S/C26H32N2O2/c1-25(2,3)24(30)28-16-15-26(18-28,23(29)27-22-13-14-22)17-19-9-11-21(12-10-19)20-7-5-4-6-8-20/h4-12,22H,13-18H2,1-3H3,(H,27,29)/t26-/m0/s1. The highest BCUT2D eigenvalue weighted by atomic mass is 16.2. The van der Waals surface area contributed by atoms with Crippen LogP contribution in [0.1, 0.15) is 45.6 Å². The highest BCUT2D eigenvalue weighted by Gasteiger charge is 2.48. The second-order valence-electron chi connectivity index (χ2n) is 9.99. The van der Waals surface area contributed by atoms with E-state index in [4.69, 9.17) is 0 Å². The van der Waals surface area contributed by atoms with Crippen molar-refractivity contribution in [2.75, 3.05) is 13.1 Å². The molecule has 30 heavy (non-hydrogen) atoms. The largest absolute Gasteiger partial charge is 0.353 e. The summed E-state index contributed by atoms with van der Waals surface area (Å²) in [6.45, 7) is 6.99. The van der Waals surface area contributed by atoms with E-state index in [0.29, 0.717) is 32.0 Å². The smallest absolute Gasteiger partial charge is 0.228 e. The van der Waals surface area contributed by atoms with Crippen LogP contribution in [0, 0.1) is 10.8 Å². The average molecular weight is 405 g/mol. The van der Waals surface area contributed by atoms with Crippen LogP contribution in [-0.4, -0.2) is 35.8 Å². The molecular weight excluding hydrogens is 372 g/mol. The summed E-state index contributed by atoms with van der Waals surface area (Å²) in [5.41, 5.74) is 2.53. The molecule has 4 heteroatoms. The van der Waals surface area contributed by atoms with Gasteiger partial charge in [-0.05, 0) is 42.4 Å². The van der Waals surface area contributed by atoms with Crippen molar-refractivity contribution < 1.29 is 9.59 Å². The number of amides is 2. The minimum Gasteiger partial charge on any atom is -0.353 e. The summed E-state index contributed by atoms with van der Waals surface area (Å²) >= 11 is 0. The number of nitrogens with zero attached hydrogens (tertiary/aromatic N) is 1. The molecule has 1 heterocycles. The normalized spacial score (nSPS) is 21.5. The molecule has 1 N–H and O–H groups in total. The highest BCUT2D eigenvalue weighted by molar-refractivity contribution is 5.87. The van der Waals surface area contributed by atoms with Crippen LogP contribution >= 0.6 is 0 Å². The molecule has 4 rings (SSSR count). The van der Waals surface area contributed by atoms with Gasteiger partial charge < -0.3 is 10.2 Å². The maximum absolute atomic E-state index is 13.3. The molecule has 1 saturated carbocycles. The monoisotopic (exact) mass is 404 g/mol. The number of hydrogen-bond acceptors (Lipinski definition) is 2. The van der Waals surface area contributed by atoms with Gasteiger partial charge in [0, 0.05) is 24.5 Å². The van der Waals surface area contributed by atoms with Gasteiger partial charge in [-0.1, -0.05) is 75.4 Å². The van der Waals surface area contributed by atoms with Crippen molar-refractivity contribution >= 4 is 11.8 Å². The molecule has 0 bridgehead atoms. The van der Waals surface area contributed by atoms with E-state index in [1.165, 1.54) is 11.1 Å². The first-order valence-electron chi connectivity index (χ1n) is 11.0. The molecule has 2 aromatic carbocycles. The number of benzene rings is 2. The van der Waals surface area contributed by atoms with Crippen LogP contribution in [0.4, 0.5) is 0 Å². The predicted molar refractivity (Wildman–Crippen MR) is 120 cm³/mol. The molecule has 0 radical (unpaired) electrons. The quantitative estimate of drug-likeness (QED) is 0.801. The molecule has 1 atom stereocenters. The fourth-order valence-electron chi connectivity index (χ4n) is 4.33. The third-order valence-corrected chi connectivity index (χ3v) is 6.28. The molecule has 2 aliphatic rings. The molecule has 1 aliphatic heterocycles. The maximum atomic E-state index is 13.3. The Morgan fingerprint density at radius 1 is 1.00 bits per heavy atom. The molecule has 158 valence electrons. The fraction of sp³-hybridized carbons (Fsp3) is 0.462. The van der Waals surface area contributed by atoms with Gasteiger partial charge in [-0.2, -0.15) is 0 Å². The maximum Gasteiger partial charge on any atom is 0.228 e. The molecule has 1 saturated heterocycles. The summed E-state index contributed by atoms with van der Waals surface area (Å²) in [6.07, 6.45) is 3.51. The first kappa shape index (κ1) is 20.6. The van der Waals surface area contributed by atoms with Crippen molar-refractivity contribution in [3.63, 3.8) is 0 Å². The van der Waals surface area contributed by atoms with Gasteiger partial charge in [0.15, 0.2) is 0 Å². The average Bonchev–Trinajstić information content (AvgIpc) is 3.44. The summed E-state index contributed by atoms with van der Waals surface area (Å²) in [5.74, 6) is 0.240. The number of likely N-dealkylation sites (tertiary alicyclic amines) is 1. The number of rotatable bonds is 5. The number of carbonyl (C=O) groups excluding carboxylic acids is 2. The van der Waals surface area contributed by atoms with Crippen molar-refractivity contribution in [1.29, 1.82) is 0 Å². The molecule has 0 unspecified atom stereocenters. The Morgan fingerprint density at radius 2 is 1.63 bits per heavy atom. The van der Waals surface area contributed by atoms with Gasteiger partial charge in [0.05, 0.1) is 5.41 Å². The van der Waals surface area contributed by atoms with E-state index in [2.05, 4.69) is 41.7 Å². The Hall–Kier alpha value is -2.62. The van der Waals surface area contributed by atoms with Crippen LogP contribution in [-0.2, 0) is 16.0 Å². The second kappa shape index (κ2) is 7.90. The zero-order chi connectivity index (χ0) is 21.4. The topological polar surface area (TPSA) is 49.4 Å². The van der Waals surface area contributed by atoms with Gasteiger partial charge in [-0.25, -0.2) is 0 Å². The van der Waals surface area contributed by atoms with Crippen LogP contribution in [0.25, 0.3) is 11.1 Å². The summed E-state index contributed by atoms with van der Waals surface area (Å²) in [5, 5.41) is 3.22. The Bertz CT molecular complexity index is 910. The Morgan fingerprint density at radius 3 is 2.23 bits per heavy atom. The fourth-order valence-corrected chi connectivity index (χ4v) is 4.33. The number of carbonyl (C=O) groups is 2. The summed E-state index contributed by atoms with van der Waals surface area (Å²) < 4.78 is 0. The van der Waals surface area contributed by atoms with Gasteiger partial charge in [-0.3, -0.25) is 9.59 Å². The van der Waals surface area contributed by atoms with E-state index in [9.17, 15) is 9.59 Å². The van der Waals surface area contributed by atoms with Crippen LogP contribution in [0.3, 0.4) is 0 Å². The van der Waals surface area contributed by atoms with Crippen molar-refractivity contribution in [2.45, 2.75) is 52.5 Å². The van der Waals surface area contributed by atoms with Gasteiger partial charge in [0.2, 0.25) is 11.8 Å². The highest BCUT2D eigenvalue weighted by Crippen LogP contribution is 2.38. The molecule has 0 aromatic heterocycles. The second-order valence-corrected chi connectivity index (χ2v) is 9.99. The Labute approximate surface area is 179 Å². The minimum absolute atomic E-state index is 0.112. The summed E-state index contributed by atoms with van der Waals surface area (Å²) in [7, 11) is 0. The minimum atomic E-state index is -0.544. The van der Waals surface area contributed by atoms with E-state index < -0.39 is 10.8 Å². The zero-order valence-electron chi connectivity index (χ0n) is 18.3. The Kier molecular flexibility index (Phi) is 5.44. The van der Waals surface area contributed by atoms with Gasteiger partial charge in [0.25, 0.3) is 0 Å². The molecular formula is C26H32N2O2. The first-order chi connectivity index (χ1) is 14.3. The van der Waals surface area contributed by atoms with E-state index >= 15 is 0 Å². The van der Waals surface area contributed by atoms with Gasteiger partial charge in [0.1, 0.15) is 0 Å². The number of nitrogens with one attached hydrogen (secondary N) is 1. The summed E-state index contributed by atoms with van der Waals surface area (Å²) in [4.78, 5) is 28.0. The van der Waals surface area contributed by atoms with Crippen molar-refractivity contribution in [3.05, 3.63) is 60.2 Å². The lowest BCUT2D eigenvalue weighted by Crippen LogP contribution is -2.47. The lowest BCUT2D eigenvalue weighted by molar-refractivity contribution is -0.139. The molecule has 4 nitrogen and oxygen atoms in total. The molecule has 2 amide bonds. The number of hydrogen-bond donors (Lipinski definition) is 1. The van der Waals surface area contributed by atoms with Crippen LogP contribution in [0.2, 0.25) is 0 Å². The molecule has 2 fully saturated rings. The Balaban J connectivity index is 1.55. The van der Waals surface area contributed by atoms with Gasteiger partial charge >= 0.3 is 0 Å². The first-order valence-corrected chi connectivity index (χ1v) is 11.0. The van der Waals surface area contributed by atoms with Crippen LogP contribution < -0.4 is 5.32 Å². The summed E-state index contributed by atoms with van der Waals surface area (Å²) in [6, 6.07) is 19.1. The third kappa shape index (κ3) is 4.43. The SMILES string of the molecule is CC(C)(C)C(=O)N1CC[C@@](Cc2ccc(-c3ccccc3)cc2)(C(=O)NC2CC2)C1. The third-order valence-electron chi connectivity index (χ3n) is 6.28. The molecule has 0 spiro atoms. The molecule has 1 aliphatic carbocycles. The van der Waals surface area contributed by atoms with E-state index in [1.54, 1.807) is 0 Å².